The number of unbranched alkanes of at least 4 members (excludes halogenated alkanes) is 13. The summed E-state index contributed by atoms with van der Waals surface area (Å²) >= 11 is 0. The van der Waals surface area contributed by atoms with E-state index in [1.807, 2.05) is 6.92 Å². The molecule has 0 aromatic heterocycles. The molecule has 0 aliphatic heterocycles. The van der Waals surface area contributed by atoms with Crippen molar-refractivity contribution in [3.8, 4) is 0 Å². The molecular weight excluding hydrogens is 338 g/mol. The number of carbonyl (C=O) groups is 2. The number of nitrogens with one attached hydrogen (secondary N) is 1. The molecule has 0 aromatic rings. The van der Waals surface area contributed by atoms with E-state index in [1.165, 1.54) is 83.5 Å². The predicted octanol–water partition coefficient (Wildman–Crippen LogP) is 6.64. The minimum atomic E-state index is -0.630. The highest BCUT2D eigenvalue weighted by Gasteiger charge is 2.16. The van der Waals surface area contributed by atoms with E-state index in [4.69, 9.17) is 0 Å². The van der Waals surface area contributed by atoms with E-state index in [-0.39, 0.29) is 11.8 Å². The van der Waals surface area contributed by atoms with Gasteiger partial charge in [-0.1, -0.05) is 110 Å². The van der Waals surface area contributed by atoms with Gasteiger partial charge in [0.2, 0.25) is 0 Å². The molecule has 1 N–H and O–H groups in total. The molecule has 27 heavy (non-hydrogen) atoms. The van der Waals surface area contributed by atoms with Crippen LogP contribution in [0.1, 0.15) is 117 Å². The van der Waals surface area contributed by atoms with E-state index >= 15 is 0 Å². The van der Waals surface area contributed by atoms with E-state index in [0.717, 1.165) is 25.3 Å². The average Bonchev–Trinajstić information content (AvgIpc) is 2.68. The highest BCUT2D eigenvalue weighted by atomic mass is 16.7. The van der Waals surface area contributed by atoms with E-state index in [9.17, 15) is 9.59 Å². The first-order valence-corrected chi connectivity index (χ1v) is 11.3. The van der Waals surface area contributed by atoms with Gasteiger partial charge in [-0.15, -0.1) is 0 Å². The van der Waals surface area contributed by atoms with Crippen LogP contribution in [0.5, 0.6) is 0 Å². The maximum absolute atomic E-state index is 11.9. The third-order valence-electron chi connectivity index (χ3n) is 5.19. The average molecular weight is 382 g/mol. The Kier molecular flexibility index (Phi) is 18.5. The Morgan fingerprint density at radius 2 is 1.26 bits per heavy atom. The van der Waals surface area contributed by atoms with Crippen LogP contribution in [0.3, 0.4) is 0 Å². The minimum absolute atomic E-state index is 0.0834. The van der Waals surface area contributed by atoms with Crippen molar-refractivity contribution < 1.29 is 14.4 Å². The molecule has 0 bridgehead atoms. The van der Waals surface area contributed by atoms with Gasteiger partial charge in [-0.25, -0.2) is 4.79 Å². The van der Waals surface area contributed by atoms with Gasteiger partial charge in [-0.3, -0.25) is 4.79 Å². The van der Waals surface area contributed by atoms with Crippen LogP contribution in [0.15, 0.2) is 12.7 Å². The van der Waals surface area contributed by atoms with Crippen LogP contribution < -0.4 is 5.48 Å². The van der Waals surface area contributed by atoms with Crippen molar-refractivity contribution in [3.63, 3.8) is 0 Å². The fourth-order valence-corrected chi connectivity index (χ4v) is 3.33. The Balaban J connectivity index is 3.44. The molecule has 1 amide bonds. The third kappa shape index (κ3) is 16.6. The van der Waals surface area contributed by atoms with Gasteiger partial charge in [0.25, 0.3) is 5.91 Å². The second kappa shape index (κ2) is 19.4. The number of hydrogen-bond acceptors (Lipinski definition) is 3. The maximum atomic E-state index is 11.9. The molecule has 0 heterocycles. The van der Waals surface area contributed by atoms with Gasteiger partial charge >= 0.3 is 5.97 Å². The first-order chi connectivity index (χ1) is 13.2. The van der Waals surface area contributed by atoms with Gasteiger partial charge in [-0.2, -0.15) is 5.48 Å². The summed E-state index contributed by atoms with van der Waals surface area (Å²) in [4.78, 5) is 27.5. The molecule has 0 saturated carbocycles. The number of hydrogen-bond donors (Lipinski definition) is 1. The number of carbonyl (C=O) groups excluding carboxylic acids is 2. The van der Waals surface area contributed by atoms with Gasteiger partial charge in [0.05, 0.1) is 0 Å². The topological polar surface area (TPSA) is 55.4 Å². The molecule has 1 atom stereocenters. The van der Waals surface area contributed by atoms with Crippen LogP contribution in [0.2, 0.25) is 0 Å². The predicted molar refractivity (Wildman–Crippen MR) is 113 cm³/mol. The summed E-state index contributed by atoms with van der Waals surface area (Å²) in [6.45, 7) is 7.55. The Bertz CT molecular complexity index is 382. The van der Waals surface area contributed by atoms with E-state index in [2.05, 4.69) is 23.8 Å². The molecule has 1 unspecified atom stereocenters. The summed E-state index contributed by atoms with van der Waals surface area (Å²) in [7, 11) is 0. The summed E-state index contributed by atoms with van der Waals surface area (Å²) in [6.07, 6.45) is 21.3. The van der Waals surface area contributed by atoms with Gasteiger partial charge in [0.15, 0.2) is 0 Å². The Hall–Kier alpha value is -1.32. The molecule has 0 aliphatic carbocycles. The van der Waals surface area contributed by atoms with Crippen LogP contribution in [0, 0.1) is 5.92 Å². The smallest absolute Gasteiger partial charge is 0.336 e. The third-order valence-corrected chi connectivity index (χ3v) is 5.19. The quantitative estimate of drug-likeness (QED) is 0.164. The molecule has 0 fully saturated rings. The molecule has 0 radical (unpaired) electrons. The van der Waals surface area contributed by atoms with Crippen molar-refractivity contribution in [2.24, 2.45) is 5.92 Å². The number of hydroxylamine groups is 1. The molecular formula is C23H43NO3. The Labute approximate surface area is 167 Å². The zero-order chi connectivity index (χ0) is 20.2. The highest BCUT2D eigenvalue weighted by molar-refractivity contribution is 5.84. The van der Waals surface area contributed by atoms with Gasteiger partial charge < -0.3 is 4.84 Å². The second-order valence-electron chi connectivity index (χ2n) is 7.58. The van der Waals surface area contributed by atoms with Crippen LogP contribution in [-0.4, -0.2) is 11.9 Å². The van der Waals surface area contributed by atoms with Crippen LogP contribution in [-0.2, 0) is 14.4 Å². The molecule has 4 heteroatoms. The first-order valence-electron chi connectivity index (χ1n) is 11.3. The summed E-state index contributed by atoms with van der Waals surface area (Å²) in [6, 6.07) is 0. The lowest BCUT2D eigenvalue weighted by Gasteiger charge is -2.13. The molecule has 0 spiro atoms. The second-order valence-corrected chi connectivity index (χ2v) is 7.58. The van der Waals surface area contributed by atoms with E-state index < -0.39 is 5.97 Å². The fraction of sp³-hybridized carbons (Fsp3) is 0.826. The van der Waals surface area contributed by atoms with Crippen molar-refractivity contribution in [2.45, 2.75) is 117 Å². The normalized spacial score (nSPS) is 11.8. The Morgan fingerprint density at radius 3 is 1.67 bits per heavy atom. The summed E-state index contributed by atoms with van der Waals surface area (Å²) in [5.41, 5.74) is 2.22. The maximum Gasteiger partial charge on any atom is 0.355 e. The molecule has 4 nitrogen and oxygen atoms in total. The minimum Gasteiger partial charge on any atom is -0.336 e. The standard InChI is InChI=1S/C23H43NO3/c1-4-7-8-9-10-11-12-13-14-15-16-17-18-19-20-21(5-2)23(26)24-27-22(25)6-3/h6,21H,3-5,7-20H2,1-2H3,(H,24,26). The Morgan fingerprint density at radius 1 is 0.815 bits per heavy atom. The molecule has 158 valence electrons. The van der Waals surface area contributed by atoms with Gasteiger partial charge in [0, 0.05) is 12.0 Å². The van der Waals surface area contributed by atoms with Crippen molar-refractivity contribution >= 4 is 11.9 Å². The van der Waals surface area contributed by atoms with Crippen molar-refractivity contribution in [3.05, 3.63) is 12.7 Å². The van der Waals surface area contributed by atoms with Crippen LogP contribution in [0.4, 0.5) is 0 Å². The SMILES string of the molecule is C=CC(=O)ONC(=O)C(CC)CCCCCCCCCCCCCCCC. The summed E-state index contributed by atoms with van der Waals surface area (Å²) in [5.74, 6) is -0.919. The monoisotopic (exact) mass is 381 g/mol. The largest absolute Gasteiger partial charge is 0.355 e. The van der Waals surface area contributed by atoms with Gasteiger partial charge in [0.1, 0.15) is 0 Å². The zero-order valence-corrected chi connectivity index (χ0v) is 17.9. The fourth-order valence-electron chi connectivity index (χ4n) is 3.33. The van der Waals surface area contributed by atoms with Crippen LogP contribution in [0.25, 0.3) is 0 Å². The van der Waals surface area contributed by atoms with E-state index in [1.54, 1.807) is 0 Å². The lowest BCUT2D eigenvalue weighted by molar-refractivity contribution is -0.155. The lowest BCUT2D eigenvalue weighted by atomic mass is 9.97. The van der Waals surface area contributed by atoms with Crippen LogP contribution >= 0.6 is 0 Å². The van der Waals surface area contributed by atoms with Crippen molar-refractivity contribution in [2.75, 3.05) is 0 Å². The summed E-state index contributed by atoms with van der Waals surface area (Å²) in [5, 5.41) is 0. The van der Waals surface area contributed by atoms with Crippen molar-refractivity contribution in [1.82, 2.24) is 5.48 Å². The van der Waals surface area contributed by atoms with Crippen molar-refractivity contribution in [1.29, 1.82) is 0 Å². The highest BCUT2D eigenvalue weighted by Crippen LogP contribution is 2.16. The molecule has 0 aromatic carbocycles. The molecule has 0 saturated heterocycles. The molecule has 0 rings (SSSR count). The molecule has 0 aliphatic rings. The first kappa shape index (κ1) is 25.7. The van der Waals surface area contributed by atoms with Gasteiger partial charge in [-0.05, 0) is 12.8 Å². The number of rotatable bonds is 18. The lowest BCUT2D eigenvalue weighted by Crippen LogP contribution is -2.32. The number of amides is 1. The van der Waals surface area contributed by atoms with E-state index in [0.29, 0.717) is 0 Å². The summed E-state index contributed by atoms with van der Waals surface area (Å²) < 4.78 is 0. The zero-order valence-electron chi connectivity index (χ0n) is 17.9.